The number of rotatable bonds is 7. The van der Waals surface area contributed by atoms with Crippen LogP contribution in [0.2, 0.25) is 0 Å². The van der Waals surface area contributed by atoms with Crippen molar-refractivity contribution in [3.63, 3.8) is 0 Å². The van der Waals surface area contributed by atoms with Crippen LogP contribution in [0.15, 0.2) is 30.3 Å². The van der Waals surface area contributed by atoms with E-state index in [9.17, 15) is 9.59 Å². The Morgan fingerprint density at radius 2 is 1.86 bits per heavy atom. The minimum absolute atomic E-state index is 0.274. The van der Waals surface area contributed by atoms with Crippen LogP contribution in [0, 0.1) is 0 Å². The molecule has 1 atom stereocenters. The smallest absolute Gasteiger partial charge is 0.316 e. The number of carbonyl (C=O) groups excluding carboxylic acids is 2. The van der Waals surface area contributed by atoms with Gasteiger partial charge in [0.2, 0.25) is 5.91 Å². The molecule has 1 aromatic rings. The minimum Gasteiger partial charge on any atom is -0.379 e. The summed E-state index contributed by atoms with van der Waals surface area (Å²) in [6.45, 7) is 6.59. The molecule has 0 spiro atoms. The number of benzene rings is 1. The van der Waals surface area contributed by atoms with Gasteiger partial charge in [0.15, 0.2) is 0 Å². The Hall–Kier alpha value is -2.08. The summed E-state index contributed by atoms with van der Waals surface area (Å²) in [7, 11) is 1.54. The van der Waals surface area contributed by atoms with Gasteiger partial charge in [-0.2, -0.15) is 0 Å². The zero-order chi connectivity index (χ0) is 16.6. The van der Waals surface area contributed by atoms with Gasteiger partial charge in [0.05, 0.1) is 12.1 Å². The fraction of sp³-hybridized carbons (Fsp3) is 0.500. The van der Waals surface area contributed by atoms with E-state index in [1.165, 1.54) is 7.05 Å². The Bertz CT molecular complexity index is 489. The molecule has 0 unspecified atom stereocenters. The Balaban J connectivity index is 2.74. The van der Waals surface area contributed by atoms with Crippen LogP contribution in [0.3, 0.4) is 0 Å². The fourth-order valence-electron chi connectivity index (χ4n) is 1.96. The van der Waals surface area contributed by atoms with Crippen LogP contribution in [-0.2, 0) is 9.53 Å². The van der Waals surface area contributed by atoms with E-state index in [4.69, 9.17) is 4.74 Å². The maximum atomic E-state index is 12.2. The summed E-state index contributed by atoms with van der Waals surface area (Å²) < 4.78 is 5.34. The fourth-order valence-corrected chi connectivity index (χ4v) is 1.96. The zero-order valence-corrected chi connectivity index (χ0v) is 13.6. The number of carbonyl (C=O) groups is 2. The molecule has 6 nitrogen and oxygen atoms in total. The second kappa shape index (κ2) is 8.38. The average Bonchev–Trinajstić information content (AvgIpc) is 2.50. The minimum atomic E-state index is -0.742. The summed E-state index contributed by atoms with van der Waals surface area (Å²) in [6, 6.07) is 7.94. The van der Waals surface area contributed by atoms with Crippen molar-refractivity contribution in [2.24, 2.45) is 0 Å². The van der Waals surface area contributed by atoms with Crippen LogP contribution in [0.5, 0.6) is 0 Å². The van der Waals surface area contributed by atoms with E-state index in [1.807, 2.05) is 39.0 Å². The first-order valence-corrected chi connectivity index (χ1v) is 7.32. The molecular weight excluding hydrogens is 282 g/mol. The first kappa shape index (κ1) is 18.0. The molecule has 0 aromatic heterocycles. The van der Waals surface area contributed by atoms with E-state index in [0.717, 1.165) is 5.56 Å². The van der Waals surface area contributed by atoms with Gasteiger partial charge in [-0.1, -0.05) is 30.3 Å². The van der Waals surface area contributed by atoms with Gasteiger partial charge in [-0.3, -0.25) is 4.79 Å². The van der Waals surface area contributed by atoms with Gasteiger partial charge in [0.25, 0.3) is 0 Å². The Kier molecular flexibility index (Phi) is 6.85. The third kappa shape index (κ3) is 5.73. The van der Waals surface area contributed by atoms with Crippen molar-refractivity contribution < 1.29 is 14.3 Å². The highest BCUT2D eigenvalue weighted by Gasteiger charge is 2.25. The van der Waals surface area contributed by atoms with Crippen molar-refractivity contribution in [3.05, 3.63) is 35.9 Å². The molecular formula is C16H25N3O3. The molecule has 0 saturated carbocycles. The number of urea groups is 1. The van der Waals surface area contributed by atoms with E-state index >= 15 is 0 Å². The second-order valence-electron chi connectivity index (χ2n) is 5.58. The zero-order valence-electron chi connectivity index (χ0n) is 13.6. The standard InChI is InChI=1S/C16H25N3O3/c1-5-22-11-16(2,3)19-15(21)18-13(14(20)17-4)12-9-7-6-8-10-12/h6-10,13H,5,11H2,1-4H3,(H,17,20)(H2,18,19,21)/t13-/m0/s1. The summed E-state index contributed by atoms with van der Waals surface area (Å²) in [5.41, 5.74) is 0.198. The van der Waals surface area contributed by atoms with Crippen LogP contribution in [-0.4, -0.2) is 37.7 Å². The van der Waals surface area contributed by atoms with Crippen LogP contribution in [0.25, 0.3) is 0 Å². The van der Waals surface area contributed by atoms with Crippen molar-refractivity contribution in [1.29, 1.82) is 0 Å². The largest absolute Gasteiger partial charge is 0.379 e. The number of nitrogens with one attached hydrogen (secondary N) is 3. The molecule has 0 bridgehead atoms. The van der Waals surface area contributed by atoms with E-state index in [-0.39, 0.29) is 5.91 Å². The lowest BCUT2D eigenvalue weighted by Gasteiger charge is -2.27. The number of likely N-dealkylation sites (N-methyl/N-ethyl adjacent to an activating group) is 1. The quantitative estimate of drug-likeness (QED) is 0.715. The third-order valence-electron chi connectivity index (χ3n) is 3.04. The molecule has 3 N–H and O–H groups in total. The predicted molar refractivity (Wildman–Crippen MR) is 85.5 cm³/mol. The van der Waals surface area contributed by atoms with Crippen LogP contribution < -0.4 is 16.0 Å². The molecule has 1 rings (SSSR count). The topological polar surface area (TPSA) is 79.5 Å². The van der Waals surface area contributed by atoms with Gasteiger partial charge < -0.3 is 20.7 Å². The number of hydrogen-bond acceptors (Lipinski definition) is 3. The summed E-state index contributed by atoms with van der Waals surface area (Å²) >= 11 is 0. The van der Waals surface area contributed by atoms with Crippen molar-refractivity contribution in [2.45, 2.75) is 32.4 Å². The normalized spacial score (nSPS) is 12.4. The van der Waals surface area contributed by atoms with Gasteiger partial charge in [-0.05, 0) is 26.3 Å². The van der Waals surface area contributed by atoms with Gasteiger partial charge >= 0.3 is 6.03 Å². The second-order valence-corrected chi connectivity index (χ2v) is 5.58. The molecule has 0 aliphatic carbocycles. The van der Waals surface area contributed by atoms with E-state index < -0.39 is 17.6 Å². The van der Waals surface area contributed by atoms with Crippen LogP contribution >= 0.6 is 0 Å². The first-order valence-electron chi connectivity index (χ1n) is 7.32. The van der Waals surface area contributed by atoms with Gasteiger partial charge in [-0.25, -0.2) is 4.79 Å². The summed E-state index contributed by atoms with van der Waals surface area (Å²) in [6.07, 6.45) is 0. The van der Waals surface area contributed by atoms with Gasteiger partial charge in [-0.15, -0.1) is 0 Å². The molecule has 0 radical (unpaired) electrons. The first-order chi connectivity index (χ1) is 10.4. The SMILES string of the molecule is CCOCC(C)(C)NC(=O)N[C@H](C(=O)NC)c1ccccc1. The molecule has 1 aromatic carbocycles. The Morgan fingerprint density at radius 1 is 1.23 bits per heavy atom. The van der Waals surface area contributed by atoms with Gasteiger partial charge in [0.1, 0.15) is 6.04 Å². The van der Waals surface area contributed by atoms with E-state index in [2.05, 4.69) is 16.0 Å². The number of amides is 3. The third-order valence-corrected chi connectivity index (χ3v) is 3.04. The molecule has 0 aliphatic heterocycles. The van der Waals surface area contributed by atoms with E-state index in [1.54, 1.807) is 12.1 Å². The molecule has 22 heavy (non-hydrogen) atoms. The Labute approximate surface area is 131 Å². The number of hydrogen-bond donors (Lipinski definition) is 3. The van der Waals surface area contributed by atoms with Crippen molar-refractivity contribution >= 4 is 11.9 Å². The maximum Gasteiger partial charge on any atom is 0.316 e. The molecule has 0 saturated heterocycles. The molecule has 0 fully saturated rings. The van der Waals surface area contributed by atoms with Crippen molar-refractivity contribution in [1.82, 2.24) is 16.0 Å². The number of ether oxygens (including phenoxy) is 1. The molecule has 0 heterocycles. The Morgan fingerprint density at radius 3 is 2.41 bits per heavy atom. The summed E-state index contributed by atoms with van der Waals surface area (Å²) in [4.78, 5) is 24.2. The van der Waals surface area contributed by atoms with Crippen molar-refractivity contribution in [3.8, 4) is 0 Å². The van der Waals surface area contributed by atoms with Crippen LogP contribution in [0.4, 0.5) is 4.79 Å². The maximum absolute atomic E-state index is 12.2. The van der Waals surface area contributed by atoms with E-state index in [0.29, 0.717) is 13.2 Å². The molecule has 6 heteroatoms. The summed E-state index contributed by atoms with van der Waals surface area (Å²) in [5, 5.41) is 8.07. The molecule has 3 amide bonds. The highest BCUT2D eigenvalue weighted by Crippen LogP contribution is 2.13. The van der Waals surface area contributed by atoms with Crippen LogP contribution in [0.1, 0.15) is 32.4 Å². The highest BCUT2D eigenvalue weighted by molar-refractivity contribution is 5.88. The lowest BCUT2D eigenvalue weighted by molar-refractivity contribution is -0.122. The monoisotopic (exact) mass is 307 g/mol. The molecule has 122 valence electrons. The van der Waals surface area contributed by atoms with Gasteiger partial charge in [0, 0.05) is 13.7 Å². The lowest BCUT2D eigenvalue weighted by atomic mass is 10.1. The lowest BCUT2D eigenvalue weighted by Crippen LogP contribution is -2.53. The molecule has 0 aliphatic rings. The predicted octanol–water partition coefficient (Wildman–Crippen LogP) is 1.59. The van der Waals surface area contributed by atoms with Crippen molar-refractivity contribution in [2.75, 3.05) is 20.3 Å². The average molecular weight is 307 g/mol. The summed E-state index contributed by atoms with van der Waals surface area (Å²) in [5.74, 6) is -0.274. The highest BCUT2D eigenvalue weighted by atomic mass is 16.5.